The summed E-state index contributed by atoms with van der Waals surface area (Å²) < 4.78 is 25.5. The molecule has 1 atom stereocenters. The van der Waals surface area contributed by atoms with Gasteiger partial charge < -0.3 is 4.90 Å². The molecule has 1 rings (SSSR count). The lowest BCUT2D eigenvalue weighted by Gasteiger charge is -2.23. The largest absolute Gasteiger partial charge is 0.343 e. The van der Waals surface area contributed by atoms with Crippen molar-refractivity contribution in [1.82, 2.24) is 9.62 Å². The standard InChI is InChI=1S/C14H21ClN2O3S/c1-4-17(5-2)14(18)10-13(16-21(3,19)20)11-6-8-12(15)9-7-11/h6-9,13,16H,4-5,10H2,1-3H3. The predicted molar refractivity (Wildman–Crippen MR) is 84.7 cm³/mol. The van der Waals surface area contributed by atoms with E-state index in [1.165, 1.54) is 0 Å². The number of carbonyl (C=O) groups is 1. The lowest BCUT2D eigenvalue weighted by molar-refractivity contribution is -0.131. The molecule has 0 radical (unpaired) electrons. The molecule has 5 nitrogen and oxygen atoms in total. The van der Waals surface area contributed by atoms with Gasteiger partial charge in [-0.2, -0.15) is 0 Å². The first kappa shape index (κ1) is 17.9. The van der Waals surface area contributed by atoms with Crippen LogP contribution >= 0.6 is 11.6 Å². The van der Waals surface area contributed by atoms with Crippen LogP contribution in [0.1, 0.15) is 31.9 Å². The van der Waals surface area contributed by atoms with E-state index in [1.807, 2.05) is 13.8 Å². The highest BCUT2D eigenvalue weighted by Gasteiger charge is 2.22. The zero-order chi connectivity index (χ0) is 16.0. The Balaban J connectivity index is 2.97. The summed E-state index contributed by atoms with van der Waals surface area (Å²) in [6.07, 6.45) is 1.16. The molecule has 0 heterocycles. The molecule has 0 aliphatic rings. The van der Waals surface area contributed by atoms with Crippen molar-refractivity contribution in [2.45, 2.75) is 26.3 Å². The normalized spacial score (nSPS) is 13.0. The molecule has 0 saturated heterocycles. The van der Waals surface area contributed by atoms with Crippen molar-refractivity contribution in [3.05, 3.63) is 34.9 Å². The number of carbonyl (C=O) groups excluding carboxylic acids is 1. The zero-order valence-electron chi connectivity index (χ0n) is 12.5. The first-order valence-electron chi connectivity index (χ1n) is 6.77. The van der Waals surface area contributed by atoms with E-state index in [-0.39, 0.29) is 12.3 Å². The Morgan fingerprint density at radius 1 is 1.24 bits per heavy atom. The Hall–Kier alpha value is -1.11. The van der Waals surface area contributed by atoms with Crippen LogP contribution in [0.2, 0.25) is 5.02 Å². The van der Waals surface area contributed by atoms with E-state index >= 15 is 0 Å². The van der Waals surface area contributed by atoms with Gasteiger partial charge in [-0.25, -0.2) is 13.1 Å². The highest BCUT2D eigenvalue weighted by Crippen LogP contribution is 2.21. The fourth-order valence-corrected chi connectivity index (χ4v) is 2.92. The maximum atomic E-state index is 12.2. The second-order valence-electron chi connectivity index (χ2n) is 4.76. The minimum atomic E-state index is -3.42. The fourth-order valence-electron chi connectivity index (χ4n) is 2.06. The average molecular weight is 333 g/mol. The van der Waals surface area contributed by atoms with E-state index in [9.17, 15) is 13.2 Å². The maximum Gasteiger partial charge on any atom is 0.224 e. The van der Waals surface area contributed by atoms with Crippen LogP contribution in [0.15, 0.2) is 24.3 Å². The molecule has 1 amide bonds. The molecule has 0 aliphatic heterocycles. The minimum absolute atomic E-state index is 0.0797. The monoisotopic (exact) mass is 332 g/mol. The van der Waals surface area contributed by atoms with Gasteiger partial charge in [0.05, 0.1) is 12.3 Å². The second-order valence-corrected chi connectivity index (χ2v) is 6.98. The molecule has 1 aromatic carbocycles. The quantitative estimate of drug-likeness (QED) is 0.832. The summed E-state index contributed by atoms with van der Waals surface area (Å²) >= 11 is 5.84. The van der Waals surface area contributed by atoms with Gasteiger partial charge in [0.15, 0.2) is 0 Å². The number of nitrogens with zero attached hydrogens (tertiary/aromatic N) is 1. The summed E-state index contributed by atoms with van der Waals surface area (Å²) in [7, 11) is -3.42. The average Bonchev–Trinajstić information content (AvgIpc) is 2.38. The first-order valence-corrected chi connectivity index (χ1v) is 9.04. The second kappa shape index (κ2) is 7.77. The van der Waals surface area contributed by atoms with E-state index in [4.69, 9.17) is 11.6 Å². The van der Waals surface area contributed by atoms with Gasteiger partial charge in [0.25, 0.3) is 0 Å². The summed E-state index contributed by atoms with van der Waals surface area (Å²) in [6, 6.07) is 6.21. The third-order valence-electron chi connectivity index (χ3n) is 3.12. The van der Waals surface area contributed by atoms with Gasteiger partial charge in [-0.3, -0.25) is 4.79 Å². The van der Waals surface area contributed by atoms with Crippen LogP contribution in [-0.2, 0) is 14.8 Å². The molecule has 0 saturated carbocycles. The van der Waals surface area contributed by atoms with Crippen molar-refractivity contribution in [2.24, 2.45) is 0 Å². The molecular weight excluding hydrogens is 312 g/mol. The Morgan fingerprint density at radius 2 is 1.76 bits per heavy atom. The van der Waals surface area contributed by atoms with Crippen LogP contribution in [-0.4, -0.2) is 38.6 Å². The fraction of sp³-hybridized carbons (Fsp3) is 0.500. The molecular formula is C14H21ClN2O3S. The third-order valence-corrected chi connectivity index (χ3v) is 4.09. The molecule has 0 spiro atoms. The van der Waals surface area contributed by atoms with Gasteiger partial charge in [0.1, 0.15) is 0 Å². The summed E-state index contributed by atoms with van der Waals surface area (Å²) in [5.41, 5.74) is 0.713. The first-order chi connectivity index (χ1) is 9.76. The number of sulfonamides is 1. The molecule has 1 N–H and O–H groups in total. The van der Waals surface area contributed by atoms with Gasteiger partial charge in [-0.15, -0.1) is 0 Å². The van der Waals surface area contributed by atoms with E-state index < -0.39 is 16.1 Å². The molecule has 0 fully saturated rings. The molecule has 1 unspecified atom stereocenters. The molecule has 0 aromatic heterocycles. The highest BCUT2D eigenvalue weighted by atomic mass is 35.5. The van der Waals surface area contributed by atoms with Crippen molar-refractivity contribution < 1.29 is 13.2 Å². The number of rotatable bonds is 7. The summed E-state index contributed by atoms with van der Waals surface area (Å²) in [6.45, 7) is 4.98. The van der Waals surface area contributed by atoms with E-state index in [1.54, 1.807) is 29.2 Å². The van der Waals surface area contributed by atoms with Crippen molar-refractivity contribution in [2.75, 3.05) is 19.3 Å². The topological polar surface area (TPSA) is 66.5 Å². The van der Waals surface area contributed by atoms with Gasteiger partial charge in [0.2, 0.25) is 15.9 Å². The minimum Gasteiger partial charge on any atom is -0.343 e. The zero-order valence-corrected chi connectivity index (χ0v) is 14.0. The van der Waals surface area contributed by atoms with E-state index in [0.717, 1.165) is 6.26 Å². The number of halogens is 1. The molecule has 1 aromatic rings. The summed E-state index contributed by atoms with van der Waals surface area (Å²) in [5.74, 6) is -0.0869. The Kier molecular flexibility index (Phi) is 6.64. The number of benzene rings is 1. The molecule has 7 heteroatoms. The highest BCUT2D eigenvalue weighted by molar-refractivity contribution is 7.88. The molecule has 0 aliphatic carbocycles. The van der Waals surface area contributed by atoms with Crippen molar-refractivity contribution in [1.29, 1.82) is 0 Å². The summed E-state index contributed by atoms with van der Waals surface area (Å²) in [4.78, 5) is 13.9. The number of hydrogen-bond donors (Lipinski definition) is 1. The van der Waals surface area contributed by atoms with Gasteiger partial charge >= 0.3 is 0 Å². The van der Waals surface area contributed by atoms with Gasteiger partial charge in [0, 0.05) is 24.5 Å². The Bertz CT molecular complexity index is 568. The number of nitrogens with one attached hydrogen (secondary N) is 1. The van der Waals surface area contributed by atoms with Crippen LogP contribution in [0, 0.1) is 0 Å². The van der Waals surface area contributed by atoms with Gasteiger partial charge in [-0.1, -0.05) is 23.7 Å². The van der Waals surface area contributed by atoms with E-state index in [2.05, 4.69) is 4.72 Å². The Labute approximate surface area is 131 Å². The van der Waals surface area contributed by atoms with Crippen LogP contribution in [0.4, 0.5) is 0 Å². The lowest BCUT2D eigenvalue weighted by Crippen LogP contribution is -2.36. The molecule has 21 heavy (non-hydrogen) atoms. The number of amides is 1. The summed E-state index contributed by atoms with van der Waals surface area (Å²) in [5, 5.41) is 0.562. The van der Waals surface area contributed by atoms with Crippen molar-refractivity contribution in [3.8, 4) is 0 Å². The van der Waals surface area contributed by atoms with Crippen LogP contribution in [0.25, 0.3) is 0 Å². The Morgan fingerprint density at radius 3 is 2.19 bits per heavy atom. The third kappa shape index (κ3) is 6.03. The predicted octanol–water partition coefficient (Wildman–Crippen LogP) is 2.19. The lowest BCUT2D eigenvalue weighted by atomic mass is 10.0. The van der Waals surface area contributed by atoms with Crippen LogP contribution < -0.4 is 4.72 Å². The van der Waals surface area contributed by atoms with Gasteiger partial charge in [-0.05, 0) is 31.5 Å². The SMILES string of the molecule is CCN(CC)C(=O)CC(NS(C)(=O)=O)c1ccc(Cl)cc1. The van der Waals surface area contributed by atoms with Crippen LogP contribution in [0.3, 0.4) is 0 Å². The van der Waals surface area contributed by atoms with Crippen molar-refractivity contribution >= 4 is 27.5 Å². The number of hydrogen-bond acceptors (Lipinski definition) is 3. The molecule has 118 valence electrons. The van der Waals surface area contributed by atoms with Crippen LogP contribution in [0.5, 0.6) is 0 Å². The maximum absolute atomic E-state index is 12.2. The van der Waals surface area contributed by atoms with E-state index in [0.29, 0.717) is 23.7 Å². The van der Waals surface area contributed by atoms with Crippen molar-refractivity contribution in [3.63, 3.8) is 0 Å². The smallest absolute Gasteiger partial charge is 0.224 e. The molecule has 0 bridgehead atoms.